The molecule has 0 saturated heterocycles. The highest BCUT2D eigenvalue weighted by Gasteiger charge is 2.16. The lowest BCUT2D eigenvalue weighted by Crippen LogP contribution is -2.25. The van der Waals surface area contributed by atoms with E-state index < -0.39 is 0 Å². The van der Waals surface area contributed by atoms with Crippen molar-refractivity contribution in [3.63, 3.8) is 0 Å². The summed E-state index contributed by atoms with van der Waals surface area (Å²) in [6.07, 6.45) is 6.07. The van der Waals surface area contributed by atoms with Gasteiger partial charge < -0.3 is 19.9 Å². The molecule has 0 aliphatic carbocycles. The number of hydrogen-bond donors (Lipinski definition) is 2. The van der Waals surface area contributed by atoms with Crippen molar-refractivity contribution in [3.8, 4) is 5.75 Å². The van der Waals surface area contributed by atoms with Gasteiger partial charge in [0, 0.05) is 30.2 Å². The zero-order valence-corrected chi connectivity index (χ0v) is 19.1. The molecule has 30 heavy (non-hydrogen) atoms. The third-order valence-electron chi connectivity index (χ3n) is 5.07. The summed E-state index contributed by atoms with van der Waals surface area (Å²) in [7, 11) is 4.83. The molecular weight excluding hydrogens is 399 g/mol. The highest BCUT2D eigenvalue weighted by atomic mass is 35.5. The van der Waals surface area contributed by atoms with E-state index in [0.717, 1.165) is 54.1 Å². The van der Waals surface area contributed by atoms with E-state index in [1.165, 1.54) is 0 Å². The van der Waals surface area contributed by atoms with E-state index in [2.05, 4.69) is 10.5 Å². The predicted molar refractivity (Wildman–Crippen MR) is 126 cm³/mol. The van der Waals surface area contributed by atoms with Crippen LogP contribution < -0.4 is 15.3 Å². The summed E-state index contributed by atoms with van der Waals surface area (Å²) in [6.45, 7) is 5.39. The van der Waals surface area contributed by atoms with Crippen LogP contribution in [-0.4, -0.2) is 40.8 Å². The van der Waals surface area contributed by atoms with Crippen LogP contribution in [0.2, 0.25) is 5.02 Å². The minimum Gasteiger partial charge on any atom is -0.495 e. The van der Waals surface area contributed by atoms with Crippen LogP contribution >= 0.6 is 11.6 Å². The van der Waals surface area contributed by atoms with Crippen molar-refractivity contribution in [2.45, 2.75) is 39.5 Å². The first kappa shape index (κ1) is 24.3. The second-order valence-corrected chi connectivity index (χ2v) is 7.61. The molecule has 0 aromatic heterocycles. The van der Waals surface area contributed by atoms with Crippen LogP contribution in [0.15, 0.2) is 29.8 Å². The fourth-order valence-electron chi connectivity index (χ4n) is 3.40. The summed E-state index contributed by atoms with van der Waals surface area (Å²) in [6, 6.07) is 7.98. The average Bonchev–Trinajstić information content (AvgIpc) is 2.75. The van der Waals surface area contributed by atoms with Crippen LogP contribution in [0.5, 0.6) is 5.75 Å². The van der Waals surface area contributed by atoms with Gasteiger partial charge in [-0.05, 0) is 50.3 Å². The molecule has 1 radical (unpaired) electrons. The van der Waals surface area contributed by atoms with Crippen LogP contribution in [0.25, 0.3) is 16.8 Å². The summed E-state index contributed by atoms with van der Waals surface area (Å²) >= 11 is 6.63. The van der Waals surface area contributed by atoms with E-state index in [9.17, 15) is 4.79 Å². The summed E-state index contributed by atoms with van der Waals surface area (Å²) in [4.78, 5) is 12.5. The largest absolute Gasteiger partial charge is 0.495 e. The normalized spacial score (nSPS) is 11.6. The van der Waals surface area contributed by atoms with E-state index in [4.69, 9.17) is 21.0 Å². The zero-order valence-electron chi connectivity index (χ0n) is 18.3. The predicted octanol–water partition coefficient (Wildman–Crippen LogP) is 4.66. The summed E-state index contributed by atoms with van der Waals surface area (Å²) < 4.78 is 10.4. The Bertz CT molecular complexity index is 886. The standard InChI is InChI=1S/C23H31BClN2O3/c1-16(23(28)26-13-9-5-6-10-14-27-24-30-4)15-20-17(2)18-11-7-8-12-19(18)22(29-3)21(20)25/h7-8,11-12,15,27H,5-6,9-10,13-14H2,1-4H3,(H,26,28)/b16-15+. The second-order valence-electron chi connectivity index (χ2n) is 7.24. The number of carbonyl (C=O) groups excluding carboxylic acids is 1. The molecule has 0 aliphatic heterocycles. The van der Waals surface area contributed by atoms with Gasteiger partial charge in [-0.3, -0.25) is 4.79 Å². The maximum absolute atomic E-state index is 12.5. The maximum Gasteiger partial charge on any atom is 0.395 e. The summed E-state index contributed by atoms with van der Waals surface area (Å²) in [5.74, 6) is 0.559. The Hall–Kier alpha value is -2.02. The smallest absolute Gasteiger partial charge is 0.395 e. The van der Waals surface area contributed by atoms with E-state index in [1.807, 2.05) is 44.2 Å². The molecule has 2 rings (SSSR count). The molecular formula is C23H31BClN2O3. The lowest BCUT2D eigenvalue weighted by molar-refractivity contribution is -0.117. The SMILES string of the molecule is CO[B]NCCCCCCNC(=O)/C(C)=C/c1c(Cl)c(OC)c2ccccc2c1C. The van der Waals surface area contributed by atoms with Crippen LogP contribution in [0, 0.1) is 6.92 Å². The molecule has 0 saturated carbocycles. The van der Waals surface area contributed by atoms with Gasteiger partial charge in [0.25, 0.3) is 0 Å². The lowest BCUT2D eigenvalue weighted by Gasteiger charge is -2.15. The first-order chi connectivity index (χ1) is 14.5. The van der Waals surface area contributed by atoms with Crippen molar-refractivity contribution in [3.05, 3.63) is 46.0 Å². The fraction of sp³-hybridized carbons (Fsp3) is 0.435. The number of rotatable bonds is 12. The molecule has 0 bridgehead atoms. The number of hydrogen-bond acceptors (Lipinski definition) is 4. The van der Waals surface area contributed by atoms with E-state index >= 15 is 0 Å². The molecule has 5 nitrogen and oxygen atoms in total. The maximum atomic E-state index is 12.5. The quantitative estimate of drug-likeness (QED) is 0.293. The van der Waals surface area contributed by atoms with Gasteiger partial charge in [0.1, 0.15) is 5.75 Å². The van der Waals surface area contributed by atoms with Crippen molar-refractivity contribution in [1.29, 1.82) is 0 Å². The third kappa shape index (κ3) is 6.49. The molecule has 0 fully saturated rings. The topological polar surface area (TPSA) is 59.6 Å². The molecule has 2 N–H and O–H groups in total. The number of unbranched alkanes of at least 4 members (excludes halogenated alkanes) is 3. The van der Waals surface area contributed by atoms with E-state index in [-0.39, 0.29) is 5.91 Å². The Kier molecular flexibility index (Phi) is 10.2. The minimum absolute atomic E-state index is 0.0750. The molecule has 2 aromatic carbocycles. The Labute approximate surface area is 185 Å². The second kappa shape index (κ2) is 12.6. The molecule has 0 atom stereocenters. The number of carbonyl (C=O) groups is 1. The molecule has 7 heteroatoms. The Morgan fingerprint density at radius 3 is 2.43 bits per heavy atom. The van der Waals surface area contributed by atoms with Crippen molar-refractivity contribution in [1.82, 2.24) is 10.5 Å². The monoisotopic (exact) mass is 429 g/mol. The van der Waals surface area contributed by atoms with Gasteiger partial charge in [-0.1, -0.05) is 48.7 Å². The van der Waals surface area contributed by atoms with E-state index in [0.29, 0.717) is 22.9 Å². The van der Waals surface area contributed by atoms with Gasteiger partial charge in [-0.25, -0.2) is 0 Å². The van der Waals surface area contributed by atoms with E-state index in [1.54, 1.807) is 21.8 Å². The number of halogens is 1. The number of methoxy groups -OCH3 is 1. The molecule has 0 aliphatic rings. The zero-order chi connectivity index (χ0) is 21.9. The van der Waals surface area contributed by atoms with Gasteiger partial charge in [-0.15, -0.1) is 0 Å². The molecule has 1 amide bonds. The van der Waals surface area contributed by atoms with Crippen LogP contribution in [0.4, 0.5) is 0 Å². The van der Waals surface area contributed by atoms with Crippen molar-refractivity contribution in [2.24, 2.45) is 0 Å². The van der Waals surface area contributed by atoms with Crippen molar-refractivity contribution >= 4 is 42.0 Å². The number of ether oxygens (including phenoxy) is 1. The number of nitrogens with one attached hydrogen (secondary N) is 2. The Balaban J connectivity index is 1.96. The fourth-order valence-corrected chi connectivity index (χ4v) is 3.78. The summed E-state index contributed by atoms with van der Waals surface area (Å²) in [5, 5.41) is 8.62. The van der Waals surface area contributed by atoms with Gasteiger partial charge in [0.2, 0.25) is 5.91 Å². The number of aryl methyl sites for hydroxylation is 1. The number of fused-ring (bicyclic) bond motifs is 1. The third-order valence-corrected chi connectivity index (χ3v) is 5.45. The molecule has 2 aromatic rings. The van der Waals surface area contributed by atoms with Crippen molar-refractivity contribution in [2.75, 3.05) is 27.3 Å². The minimum atomic E-state index is -0.0750. The number of amides is 1. The first-order valence-electron chi connectivity index (χ1n) is 10.3. The number of benzene rings is 2. The van der Waals surface area contributed by atoms with Crippen LogP contribution in [-0.2, 0) is 9.45 Å². The van der Waals surface area contributed by atoms with Crippen LogP contribution in [0.1, 0.15) is 43.7 Å². The average molecular weight is 430 g/mol. The highest BCUT2D eigenvalue weighted by molar-refractivity contribution is 6.35. The molecule has 0 spiro atoms. The molecule has 0 heterocycles. The lowest BCUT2D eigenvalue weighted by atomic mass is 9.97. The summed E-state index contributed by atoms with van der Waals surface area (Å²) in [5.41, 5.74) is 2.47. The van der Waals surface area contributed by atoms with Crippen molar-refractivity contribution < 1.29 is 14.2 Å². The van der Waals surface area contributed by atoms with Gasteiger partial charge >= 0.3 is 7.62 Å². The van der Waals surface area contributed by atoms with Gasteiger partial charge in [-0.2, -0.15) is 0 Å². The Morgan fingerprint density at radius 2 is 1.77 bits per heavy atom. The first-order valence-corrected chi connectivity index (χ1v) is 10.7. The molecule has 161 valence electrons. The van der Waals surface area contributed by atoms with Gasteiger partial charge in [0.05, 0.1) is 12.1 Å². The highest BCUT2D eigenvalue weighted by Crippen LogP contribution is 2.40. The van der Waals surface area contributed by atoms with Crippen LogP contribution in [0.3, 0.4) is 0 Å². The van der Waals surface area contributed by atoms with Gasteiger partial charge in [0.15, 0.2) is 0 Å². The Morgan fingerprint density at radius 1 is 1.10 bits per heavy atom. The molecule has 0 unspecified atom stereocenters.